The molecule has 0 bridgehead atoms. The molecule has 0 saturated carbocycles. The molecule has 23 heavy (non-hydrogen) atoms. The monoisotopic (exact) mass is 357 g/mol. The highest BCUT2D eigenvalue weighted by atomic mass is 35.5. The highest BCUT2D eigenvalue weighted by Crippen LogP contribution is 2.15. The van der Waals surface area contributed by atoms with Crippen LogP contribution in [-0.4, -0.2) is 23.5 Å². The Hall–Kier alpha value is -1.82. The Morgan fingerprint density at radius 3 is 2.74 bits per heavy atom. The number of aromatic nitrogens is 1. The van der Waals surface area contributed by atoms with Gasteiger partial charge in [-0.15, -0.1) is 24.8 Å². The van der Waals surface area contributed by atoms with Crippen molar-refractivity contribution in [2.75, 3.05) is 6.54 Å². The summed E-state index contributed by atoms with van der Waals surface area (Å²) in [5.74, 6) is 0.492. The maximum atomic E-state index is 12.0. The van der Waals surface area contributed by atoms with E-state index < -0.39 is 0 Å². The first kappa shape index (κ1) is 21.2. The quantitative estimate of drug-likeness (QED) is 0.832. The molecule has 0 unspecified atom stereocenters. The number of nitrogens with zero attached hydrogens (tertiary/aromatic N) is 1. The van der Waals surface area contributed by atoms with E-state index in [1.165, 1.54) is 0 Å². The maximum absolute atomic E-state index is 12.0. The summed E-state index contributed by atoms with van der Waals surface area (Å²) >= 11 is 0. The third-order valence-electron chi connectivity index (χ3n) is 2.96. The lowest BCUT2D eigenvalue weighted by atomic mass is 10.2. The molecule has 2 rings (SSSR count). The fraction of sp³-hybridized carbons (Fsp3) is 0.250. The molecule has 1 aromatic heterocycles. The van der Waals surface area contributed by atoms with Gasteiger partial charge in [-0.05, 0) is 31.2 Å². The Morgan fingerprint density at radius 1 is 1.30 bits per heavy atom. The summed E-state index contributed by atoms with van der Waals surface area (Å²) in [6.07, 6.45) is 3.46. The number of hydrogen-bond donors (Lipinski definition) is 2. The fourth-order valence-electron chi connectivity index (χ4n) is 1.74. The number of carbonyl (C=O) groups is 1. The molecular weight excluding hydrogens is 337 g/mol. The first-order chi connectivity index (χ1) is 10.2. The fourth-order valence-corrected chi connectivity index (χ4v) is 1.74. The number of ether oxygens (including phenoxy) is 1. The van der Waals surface area contributed by atoms with Crippen LogP contribution in [0.3, 0.4) is 0 Å². The van der Waals surface area contributed by atoms with Gasteiger partial charge in [0, 0.05) is 36.1 Å². The molecule has 5 nitrogen and oxygen atoms in total. The van der Waals surface area contributed by atoms with E-state index in [0.29, 0.717) is 24.5 Å². The van der Waals surface area contributed by atoms with Crippen LogP contribution in [0, 0.1) is 0 Å². The van der Waals surface area contributed by atoms with E-state index in [9.17, 15) is 4.79 Å². The average Bonchev–Trinajstić information content (AvgIpc) is 2.54. The number of nitrogens with two attached hydrogens (primary N) is 1. The highest BCUT2D eigenvalue weighted by Gasteiger charge is 2.09. The van der Waals surface area contributed by atoms with Crippen LogP contribution in [0.5, 0.6) is 5.75 Å². The van der Waals surface area contributed by atoms with Crippen LogP contribution < -0.4 is 15.8 Å². The highest BCUT2D eigenvalue weighted by molar-refractivity contribution is 5.94. The largest absolute Gasteiger partial charge is 0.489 e. The van der Waals surface area contributed by atoms with Crippen LogP contribution >= 0.6 is 24.8 Å². The van der Waals surface area contributed by atoms with Gasteiger partial charge >= 0.3 is 0 Å². The summed E-state index contributed by atoms with van der Waals surface area (Å²) in [4.78, 5) is 16.0. The number of nitrogens with one attached hydrogen (secondary N) is 1. The molecule has 126 valence electrons. The summed E-state index contributed by atoms with van der Waals surface area (Å²) in [6, 6.07) is 10.8. The lowest BCUT2D eigenvalue weighted by Crippen LogP contribution is -2.37. The normalized spacial score (nSPS) is 10.7. The third kappa shape index (κ3) is 6.86. The van der Waals surface area contributed by atoms with Gasteiger partial charge in [-0.1, -0.05) is 12.1 Å². The van der Waals surface area contributed by atoms with Crippen molar-refractivity contribution in [1.29, 1.82) is 0 Å². The molecule has 0 spiro atoms. The molecule has 1 heterocycles. The molecule has 0 aliphatic heterocycles. The van der Waals surface area contributed by atoms with Crippen LogP contribution in [-0.2, 0) is 6.61 Å². The maximum Gasteiger partial charge on any atom is 0.251 e. The van der Waals surface area contributed by atoms with Gasteiger partial charge in [-0.2, -0.15) is 0 Å². The van der Waals surface area contributed by atoms with Gasteiger partial charge in [0.25, 0.3) is 5.91 Å². The third-order valence-corrected chi connectivity index (χ3v) is 2.96. The zero-order valence-corrected chi connectivity index (χ0v) is 14.4. The van der Waals surface area contributed by atoms with Gasteiger partial charge in [-0.3, -0.25) is 9.78 Å². The Labute approximate surface area is 148 Å². The Kier molecular flexibility index (Phi) is 9.97. The molecule has 0 saturated heterocycles. The van der Waals surface area contributed by atoms with Gasteiger partial charge in [-0.25, -0.2) is 0 Å². The number of pyridine rings is 1. The number of amides is 1. The number of benzene rings is 1. The van der Waals surface area contributed by atoms with Crippen molar-refractivity contribution >= 4 is 30.7 Å². The Morgan fingerprint density at radius 2 is 2.09 bits per heavy atom. The van der Waals surface area contributed by atoms with E-state index in [4.69, 9.17) is 10.5 Å². The van der Waals surface area contributed by atoms with Crippen LogP contribution in [0.2, 0.25) is 0 Å². The van der Waals surface area contributed by atoms with Crippen molar-refractivity contribution in [2.24, 2.45) is 5.73 Å². The number of rotatable bonds is 6. The zero-order valence-electron chi connectivity index (χ0n) is 12.8. The second kappa shape index (κ2) is 10.8. The molecular formula is C16H21Cl2N3O2. The molecule has 1 aromatic carbocycles. The molecule has 2 aromatic rings. The van der Waals surface area contributed by atoms with Crippen LogP contribution in [0.25, 0.3) is 0 Å². The van der Waals surface area contributed by atoms with E-state index in [0.717, 1.165) is 5.56 Å². The van der Waals surface area contributed by atoms with Gasteiger partial charge < -0.3 is 15.8 Å². The van der Waals surface area contributed by atoms with E-state index in [1.54, 1.807) is 30.6 Å². The molecule has 0 fully saturated rings. The molecule has 7 heteroatoms. The second-order valence-electron chi connectivity index (χ2n) is 4.79. The Balaban J connectivity index is 0.00000242. The first-order valence-corrected chi connectivity index (χ1v) is 6.81. The lowest BCUT2D eigenvalue weighted by Gasteiger charge is -2.12. The lowest BCUT2D eigenvalue weighted by molar-refractivity contribution is 0.0941. The number of hydrogen-bond acceptors (Lipinski definition) is 4. The summed E-state index contributed by atoms with van der Waals surface area (Å²) < 4.78 is 5.67. The summed E-state index contributed by atoms with van der Waals surface area (Å²) in [7, 11) is 0. The van der Waals surface area contributed by atoms with Crippen molar-refractivity contribution in [3.05, 3.63) is 59.9 Å². The van der Waals surface area contributed by atoms with Gasteiger partial charge in [0.2, 0.25) is 0 Å². The molecule has 0 radical (unpaired) electrons. The topological polar surface area (TPSA) is 77.2 Å². The van der Waals surface area contributed by atoms with Gasteiger partial charge in [0.15, 0.2) is 0 Å². The molecule has 0 aliphatic rings. The van der Waals surface area contributed by atoms with Gasteiger partial charge in [0.05, 0.1) is 0 Å². The van der Waals surface area contributed by atoms with Crippen molar-refractivity contribution < 1.29 is 9.53 Å². The van der Waals surface area contributed by atoms with Crippen LogP contribution in [0.15, 0.2) is 48.8 Å². The van der Waals surface area contributed by atoms with E-state index in [-0.39, 0.29) is 36.8 Å². The molecule has 3 N–H and O–H groups in total. The summed E-state index contributed by atoms with van der Waals surface area (Å²) in [6.45, 7) is 2.68. The van der Waals surface area contributed by atoms with Crippen molar-refractivity contribution in [3.8, 4) is 5.75 Å². The SMILES string of the molecule is C[C@@H](CN)NC(=O)c1cccc(OCc2cccnc2)c1.Cl.Cl. The number of carbonyl (C=O) groups excluding carboxylic acids is 1. The minimum atomic E-state index is -0.153. The smallest absolute Gasteiger partial charge is 0.251 e. The molecule has 1 atom stereocenters. The second-order valence-corrected chi connectivity index (χ2v) is 4.79. The van der Waals surface area contributed by atoms with Crippen molar-refractivity contribution in [2.45, 2.75) is 19.6 Å². The predicted octanol–water partition coefficient (Wildman–Crippen LogP) is 2.58. The van der Waals surface area contributed by atoms with Crippen molar-refractivity contribution in [1.82, 2.24) is 10.3 Å². The number of halogens is 2. The van der Waals surface area contributed by atoms with Crippen molar-refractivity contribution in [3.63, 3.8) is 0 Å². The predicted molar refractivity (Wildman–Crippen MR) is 95.5 cm³/mol. The first-order valence-electron chi connectivity index (χ1n) is 6.81. The summed E-state index contributed by atoms with van der Waals surface area (Å²) in [5, 5.41) is 2.82. The molecule has 0 aliphatic carbocycles. The van der Waals surface area contributed by atoms with E-state index in [2.05, 4.69) is 10.3 Å². The van der Waals surface area contributed by atoms with E-state index >= 15 is 0 Å². The standard InChI is InChI=1S/C16H19N3O2.2ClH/c1-12(9-17)19-16(20)14-5-2-6-15(8-14)21-11-13-4-3-7-18-10-13;;/h2-8,10,12H,9,11,17H2,1H3,(H,19,20);2*1H/t12-;;/m0../s1. The Bertz CT molecular complexity index is 597. The van der Waals surface area contributed by atoms with Gasteiger partial charge in [0.1, 0.15) is 12.4 Å². The zero-order chi connectivity index (χ0) is 15.1. The van der Waals surface area contributed by atoms with E-state index in [1.807, 2.05) is 25.1 Å². The minimum Gasteiger partial charge on any atom is -0.489 e. The average molecular weight is 358 g/mol. The minimum absolute atomic E-state index is 0. The summed E-state index contributed by atoms with van der Waals surface area (Å²) in [5.41, 5.74) is 7.03. The van der Waals surface area contributed by atoms with Crippen LogP contribution in [0.1, 0.15) is 22.8 Å². The van der Waals surface area contributed by atoms with Crippen LogP contribution in [0.4, 0.5) is 0 Å². The molecule has 1 amide bonds.